The predicted octanol–water partition coefficient (Wildman–Crippen LogP) is 4.07. The molecule has 0 amide bonds. The monoisotopic (exact) mass is 291 g/mol. The van der Waals surface area contributed by atoms with Gasteiger partial charge in [-0.3, -0.25) is 0 Å². The lowest BCUT2D eigenvalue weighted by Crippen LogP contribution is -2.19. The highest BCUT2D eigenvalue weighted by molar-refractivity contribution is 6.30. The van der Waals surface area contributed by atoms with Crippen LogP contribution in [-0.2, 0) is 12.8 Å². The molecule has 0 saturated heterocycles. The van der Waals surface area contributed by atoms with Gasteiger partial charge in [0.15, 0.2) is 11.6 Å². The number of methoxy groups -OCH3 is 1. The van der Waals surface area contributed by atoms with Crippen molar-refractivity contribution in [2.45, 2.75) is 18.9 Å². The first-order valence-electron chi connectivity index (χ1n) is 6.53. The fourth-order valence-electron chi connectivity index (χ4n) is 2.68. The molecule has 0 aliphatic heterocycles. The normalized spacial score (nSPS) is 16.9. The summed E-state index contributed by atoms with van der Waals surface area (Å²) in [5, 5.41) is 4.12. The fraction of sp³-hybridized carbons (Fsp3) is 0.250. The van der Waals surface area contributed by atoms with Crippen molar-refractivity contribution in [2.75, 3.05) is 12.4 Å². The smallest absolute Gasteiger partial charge is 0.167 e. The zero-order valence-corrected chi connectivity index (χ0v) is 11.9. The van der Waals surface area contributed by atoms with Crippen LogP contribution in [0.3, 0.4) is 0 Å². The number of nitrogens with one attached hydrogen (secondary N) is 1. The van der Waals surface area contributed by atoms with E-state index in [1.165, 1.54) is 24.3 Å². The van der Waals surface area contributed by atoms with Crippen LogP contribution in [0.25, 0.3) is 0 Å². The van der Waals surface area contributed by atoms with Crippen LogP contribution in [0, 0.1) is 5.82 Å². The largest absolute Gasteiger partial charge is 0.494 e. The third-order valence-corrected chi connectivity index (χ3v) is 3.86. The molecule has 104 valence electrons. The van der Waals surface area contributed by atoms with Crippen molar-refractivity contribution in [2.24, 2.45) is 0 Å². The Balaban J connectivity index is 1.73. The van der Waals surface area contributed by atoms with Gasteiger partial charge in [-0.05, 0) is 48.2 Å². The zero-order valence-electron chi connectivity index (χ0n) is 11.1. The molecule has 0 saturated carbocycles. The number of hydrogen-bond acceptors (Lipinski definition) is 2. The minimum Gasteiger partial charge on any atom is -0.494 e. The van der Waals surface area contributed by atoms with Gasteiger partial charge in [-0.15, -0.1) is 0 Å². The maximum Gasteiger partial charge on any atom is 0.167 e. The molecule has 0 spiro atoms. The molecule has 1 aliphatic rings. The van der Waals surface area contributed by atoms with Crippen molar-refractivity contribution in [1.82, 2.24) is 0 Å². The van der Waals surface area contributed by atoms with Crippen molar-refractivity contribution in [3.05, 3.63) is 58.4 Å². The molecular weight excluding hydrogens is 277 g/mol. The lowest BCUT2D eigenvalue weighted by atomic mass is 10.1. The highest BCUT2D eigenvalue weighted by Gasteiger charge is 2.21. The molecule has 2 aromatic carbocycles. The van der Waals surface area contributed by atoms with Crippen molar-refractivity contribution < 1.29 is 9.13 Å². The summed E-state index contributed by atoms with van der Waals surface area (Å²) in [7, 11) is 1.46. The SMILES string of the molecule is COc1ccc(NC2Cc3ccc(Cl)cc3C2)cc1F. The molecule has 1 N–H and O–H groups in total. The highest BCUT2D eigenvalue weighted by Crippen LogP contribution is 2.28. The molecule has 2 nitrogen and oxygen atoms in total. The Labute approximate surface area is 122 Å². The first-order chi connectivity index (χ1) is 9.65. The Kier molecular flexibility index (Phi) is 3.53. The Morgan fingerprint density at radius 1 is 1.15 bits per heavy atom. The minimum atomic E-state index is -0.351. The quantitative estimate of drug-likeness (QED) is 0.920. The number of fused-ring (bicyclic) bond motifs is 1. The van der Waals surface area contributed by atoms with Crippen molar-refractivity contribution in [1.29, 1.82) is 0 Å². The second kappa shape index (κ2) is 5.33. The van der Waals surface area contributed by atoms with Gasteiger partial charge < -0.3 is 10.1 Å². The van der Waals surface area contributed by atoms with Crippen LogP contribution < -0.4 is 10.1 Å². The van der Waals surface area contributed by atoms with Gasteiger partial charge in [0.05, 0.1) is 7.11 Å². The van der Waals surface area contributed by atoms with E-state index in [9.17, 15) is 4.39 Å². The summed E-state index contributed by atoms with van der Waals surface area (Å²) in [5.74, 6) is -0.0897. The van der Waals surface area contributed by atoms with E-state index in [-0.39, 0.29) is 17.6 Å². The molecule has 0 heterocycles. The number of benzene rings is 2. The van der Waals surface area contributed by atoms with Crippen LogP contribution in [-0.4, -0.2) is 13.2 Å². The molecular formula is C16H15ClFNO. The first kappa shape index (κ1) is 13.3. The minimum absolute atomic E-state index is 0.261. The summed E-state index contributed by atoms with van der Waals surface area (Å²) >= 11 is 6.00. The number of ether oxygens (including phenoxy) is 1. The van der Waals surface area contributed by atoms with Crippen molar-refractivity contribution in [3.63, 3.8) is 0 Å². The molecule has 20 heavy (non-hydrogen) atoms. The molecule has 0 aromatic heterocycles. The summed E-state index contributed by atoms with van der Waals surface area (Å²) in [6.07, 6.45) is 1.84. The number of halogens is 2. The van der Waals surface area contributed by atoms with E-state index in [2.05, 4.69) is 11.4 Å². The lowest BCUT2D eigenvalue weighted by molar-refractivity contribution is 0.386. The van der Waals surface area contributed by atoms with Crippen molar-refractivity contribution >= 4 is 17.3 Å². The summed E-state index contributed by atoms with van der Waals surface area (Å²) in [6.45, 7) is 0. The highest BCUT2D eigenvalue weighted by atomic mass is 35.5. The van der Waals surface area contributed by atoms with Crippen LogP contribution in [0.5, 0.6) is 5.75 Å². The summed E-state index contributed by atoms with van der Waals surface area (Å²) in [6, 6.07) is 11.2. The molecule has 1 aliphatic carbocycles. The Morgan fingerprint density at radius 2 is 1.95 bits per heavy atom. The standard InChI is InChI=1S/C16H15ClFNO/c1-20-16-5-4-13(9-15(16)18)19-14-7-10-2-3-12(17)6-11(10)8-14/h2-6,9,14,19H,7-8H2,1H3. The molecule has 3 rings (SSSR count). The Morgan fingerprint density at radius 3 is 2.70 bits per heavy atom. The van der Waals surface area contributed by atoms with Gasteiger partial charge in [0.1, 0.15) is 0 Å². The third-order valence-electron chi connectivity index (χ3n) is 3.62. The average molecular weight is 292 g/mol. The number of hydrogen-bond donors (Lipinski definition) is 1. The van der Waals surface area contributed by atoms with E-state index in [0.717, 1.165) is 23.6 Å². The van der Waals surface area contributed by atoms with E-state index >= 15 is 0 Å². The van der Waals surface area contributed by atoms with E-state index < -0.39 is 0 Å². The second-order valence-electron chi connectivity index (χ2n) is 5.01. The van der Waals surface area contributed by atoms with Gasteiger partial charge in [0.25, 0.3) is 0 Å². The van der Waals surface area contributed by atoms with Crippen LogP contribution in [0.2, 0.25) is 5.02 Å². The zero-order chi connectivity index (χ0) is 14.1. The number of rotatable bonds is 3. The molecule has 2 aromatic rings. The van der Waals surface area contributed by atoms with Gasteiger partial charge in [0, 0.05) is 22.8 Å². The Bertz CT molecular complexity index is 644. The first-order valence-corrected chi connectivity index (χ1v) is 6.91. The summed E-state index contributed by atoms with van der Waals surface area (Å²) in [5.41, 5.74) is 3.34. The van der Waals surface area contributed by atoms with E-state index in [1.807, 2.05) is 18.2 Å². The molecule has 1 atom stereocenters. The lowest BCUT2D eigenvalue weighted by Gasteiger charge is -2.14. The molecule has 0 bridgehead atoms. The maximum absolute atomic E-state index is 13.7. The van der Waals surface area contributed by atoms with Crippen LogP contribution in [0.4, 0.5) is 10.1 Å². The molecule has 0 fully saturated rings. The predicted molar refractivity (Wildman–Crippen MR) is 79.2 cm³/mol. The van der Waals surface area contributed by atoms with Gasteiger partial charge in [-0.25, -0.2) is 4.39 Å². The maximum atomic E-state index is 13.7. The van der Waals surface area contributed by atoms with Gasteiger partial charge in [-0.2, -0.15) is 0 Å². The second-order valence-corrected chi connectivity index (χ2v) is 5.45. The molecule has 4 heteroatoms. The van der Waals surface area contributed by atoms with Crippen LogP contribution >= 0.6 is 11.6 Å². The molecule has 0 radical (unpaired) electrons. The van der Waals surface area contributed by atoms with Crippen LogP contribution in [0.1, 0.15) is 11.1 Å². The van der Waals surface area contributed by atoms with Gasteiger partial charge >= 0.3 is 0 Å². The van der Waals surface area contributed by atoms with E-state index in [1.54, 1.807) is 6.07 Å². The van der Waals surface area contributed by atoms with E-state index in [0.29, 0.717) is 0 Å². The van der Waals surface area contributed by atoms with Crippen LogP contribution in [0.15, 0.2) is 36.4 Å². The van der Waals surface area contributed by atoms with Gasteiger partial charge in [0.2, 0.25) is 0 Å². The third kappa shape index (κ3) is 2.59. The summed E-state index contributed by atoms with van der Waals surface area (Å²) in [4.78, 5) is 0. The van der Waals surface area contributed by atoms with E-state index in [4.69, 9.17) is 16.3 Å². The fourth-order valence-corrected chi connectivity index (χ4v) is 2.88. The van der Waals surface area contributed by atoms with Crippen molar-refractivity contribution in [3.8, 4) is 5.75 Å². The topological polar surface area (TPSA) is 21.3 Å². The Hall–Kier alpha value is -1.74. The average Bonchev–Trinajstić information content (AvgIpc) is 2.80. The summed E-state index contributed by atoms with van der Waals surface area (Å²) < 4.78 is 18.6. The number of anilines is 1. The molecule has 1 unspecified atom stereocenters. The van der Waals surface area contributed by atoms with Gasteiger partial charge in [-0.1, -0.05) is 17.7 Å².